The molecule has 0 spiro atoms. The van der Waals surface area contributed by atoms with E-state index in [1.165, 1.54) is 38.2 Å². The summed E-state index contributed by atoms with van der Waals surface area (Å²) < 4.78 is 13.6. The minimum absolute atomic E-state index is 0.211. The van der Waals surface area contributed by atoms with Crippen molar-refractivity contribution in [3.8, 4) is 0 Å². The summed E-state index contributed by atoms with van der Waals surface area (Å²) in [5, 5.41) is 3.96. The van der Waals surface area contributed by atoms with Gasteiger partial charge in [0.2, 0.25) is 0 Å². The molecule has 1 N–H and O–H groups in total. The first-order chi connectivity index (χ1) is 8.70. The Hall–Kier alpha value is -0.600. The minimum atomic E-state index is -0.211. The topological polar surface area (TPSA) is 12.0 Å². The standard InChI is InChI=1S/C15H21ClFN/c1-2-11-6-8-12(9-7-11)18-10-13-14(16)4-3-5-15(13)17/h3-5,11-12,18H,2,6-10H2,1H3. The van der Waals surface area contributed by atoms with Gasteiger partial charge >= 0.3 is 0 Å². The van der Waals surface area contributed by atoms with E-state index in [0.29, 0.717) is 23.2 Å². The molecule has 0 bridgehead atoms. The van der Waals surface area contributed by atoms with Crippen molar-refractivity contribution < 1.29 is 4.39 Å². The van der Waals surface area contributed by atoms with E-state index in [4.69, 9.17) is 11.6 Å². The van der Waals surface area contributed by atoms with Crippen LogP contribution in [0.4, 0.5) is 4.39 Å². The van der Waals surface area contributed by atoms with Crippen LogP contribution in [0.2, 0.25) is 5.02 Å². The number of nitrogens with one attached hydrogen (secondary N) is 1. The first-order valence-electron chi connectivity index (χ1n) is 6.87. The summed E-state index contributed by atoms with van der Waals surface area (Å²) >= 11 is 6.01. The monoisotopic (exact) mass is 269 g/mol. The van der Waals surface area contributed by atoms with E-state index in [1.807, 2.05) is 0 Å². The van der Waals surface area contributed by atoms with E-state index < -0.39 is 0 Å². The molecule has 1 fully saturated rings. The molecule has 1 aromatic rings. The molecule has 0 radical (unpaired) electrons. The van der Waals surface area contributed by atoms with Gasteiger partial charge in [-0.1, -0.05) is 31.0 Å². The van der Waals surface area contributed by atoms with Gasteiger partial charge in [-0.15, -0.1) is 0 Å². The van der Waals surface area contributed by atoms with Gasteiger partial charge < -0.3 is 5.32 Å². The molecular formula is C15H21ClFN. The summed E-state index contributed by atoms with van der Waals surface area (Å²) in [4.78, 5) is 0. The van der Waals surface area contributed by atoms with Crippen LogP contribution in [0, 0.1) is 11.7 Å². The Balaban J connectivity index is 1.85. The zero-order chi connectivity index (χ0) is 13.0. The molecule has 1 saturated carbocycles. The van der Waals surface area contributed by atoms with Gasteiger partial charge in [-0.25, -0.2) is 4.39 Å². The van der Waals surface area contributed by atoms with E-state index >= 15 is 0 Å². The number of benzene rings is 1. The molecular weight excluding hydrogens is 249 g/mol. The van der Waals surface area contributed by atoms with Crippen LogP contribution < -0.4 is 5.32 Å². The molecule has 3 heteroatoms. The predicted molar refractivity (Wildman–Crippen MR) is 74.3 cm³/mol. The maximum atomic E-state index is 13.6. The highest BCUT2D eigenvalue weighted by Crippen LogP contribution is 2.27. The lowest BCUT2D eigenvalue weighted by Gasteiger charge is -2.28. The molecule has 0 atom stereocenters. The molecule has 18 heavy (non-hydrogen) atoms. The van der Waals surface area contributed by atoms with Gasteiger partial charge in [0, 0.05) is 23.2 Å². The van der Waals surface area contributed by atoms with Crippen LogP contribution in [0.3, 0.4) is 0 Å². The molecule has 0 aromatic heterocycles. The zero-order valence-corrected chi connectivity index (χ0v) is 11.6. The third kappa shape index (κ3) is 3.46. The van der Waals surface area contributed by atoms with Crippen LogP contribution in [0.15, 0.2) is 18.2 Å². The van der Waals surface area contributed by atoms with E-state index in [1.54, 1.807) is 12.1 Å². The highest BCUT2D eigenvalue weighted by atomic mass is 35.5. The van der Waals surface area contributed by atoms with Gasteiger partial charge in [0.05, 0.1) is 0 Å². The van der Waals surface area contributed by atoms with Crippen molar-refractivity contribution in [1.29, 1.82) is 0 Å². The van der Waals surface area contributed by atoms with Gasteiger partial charge in [0.25, 0.3) is 0 Å². The fourth-order valence-corrected chi connectivity index (χ4v) is 2.95. The average Bonchev–Trinajstić information content (AvgIpc) is 2.39. The van der Waals surface area contributed by atoms with Crippen LogP contribution in [-0.4, -0.2) is 6.04 Å². The van der Waals surface area contributed by atoms with Gasteiger partial charge in [0.1, 0.15) is 5.82 Å². The molecule has 0 heterocycles. The quantitative estimate of drug-likeness (QED) is 0.846. The van der Waals surface area contributed by atoms with Crippen LogP contribution in [0.1, 0.15) is 44.6 Å². The zero-order valence-electron chi connectivity index (χ0n) is 10.9. The predicted octanol–water partition coefficient (Wildman–Crippen LogP) is 4.54. The molecule has 1 aliphatic rings. The fourth-order valence-electron chi connectivity index (χ4n) is 2.72. The Morgan fingerprint density at radius 2 is 2.00 bits per heavy atom. The Labute approximate surface area is 114 Å². The lowest BCUT2D eigenvalue weighted by molar-refractivity contribution is 0.284. The normalized spacial score (nSPS) is 24.2. The molecule has 1 aliphatic carbocycles. The van der Waals surface area contributed by atoms with Crippen LogP contribution in [0.5, 0.6) is 0 Å². The molecule has 1 nitrogen and oxygen atoms in total. The molecule has 0 unspecified atom stereocenters. The number of hydrogen-bond donors (Lipinski definition) is 1. The Morgan fingerprint density at radius 1 is 1.28 bits per heavy atom. The third-order valence-corrected chi connectivity index (χ3v) is 4.41. The van der Waals surface area contributed by atoms with Crippen molar-refractivity contribution in [3.63, 3.8) is 0 Å². The van der Waals surface area contributed by atoms with Crippen molar-refractivity contribution in [1.82, 2.24) is 5.32 Å². The van der Waals surface area contributed by atoms with E-state index in [0.717, 1.165) is 5.92 Å². The number of rotatable bonds is 4. The van der Waals surface area contributed by atoms with Crippen molar-refractivity contribution in [3.05, 3.63) is 34.6 Å². The van der Waals surface area contributed by atoms with Gasteiger partial charge in [0.15, 0.2) is 0 Å². The van der Waals surface area contributed by atoms with E-state index in [9.17, 15) is 4.39 Å². The maximum absolute atomic E-state index is 13.6. The van der Waals surface area contributed by atoms with Crippen molar-refractivity contribution >= 4 is 11.6 Å². The lowest BCUT2D eigenvalue weighted by Crippen LogP contribution is -2.33. The summed E-state index contributed by atoms with van der Waals surface area (Å²) in [6.45, 7) is 2.80. The van der Waals surface area contributed by atoms with Crippen LogP contribution in [0.25, 0.3) is 0 Å². The third-order valence-electron chi connectivity index (χ3n) is 4.05. The molecule has 2 rings (SSSR count). The Bertz CT molecular complexity index is 366. The Morgan fingerprint density at radius 3 is 2.61 bits per heavy atom. The number of hydrogen-bond acceptors (Lipinski definition) is 1. The van der Waals surface area contributed by atoms with Gasteiger partial charge in [-0.2, -0.15) is 0 Å². The summed E-state index contributed by atoms with van der Waals surface area (Å²) in [7, 11) is 0. The minimum Gasteiger partial charge on any atom is -0.310 e. The van der Waals surface area contributed by atoms with Gasteiger partial charge in [-0.05, 0) is 43.7 Å². The molecule has 0 aliphatic heterocycles. The highest BCUT2D eigenvalue weighted by molar-refractivity contribution is 6.31. The van der Waals surface area contributed by atoms with Crippen LogP contribution in [-0.2, 0) is 6.54 Å². The number of halogens is 2. The maximum Gasteiger partial charge on any atom is 0.129 e. The highest BCUT2D eigenvalue weighted by Gasteiger charge is 2.20. The molecule has 0 saturated heterocycles. The van der Waals surface area contributed by atoms with Gasteiger partial charge in [-0.3, -0.25) is 0 Å². The first-order valence-corrected chi connectivity index (χ1v) is 7.24. The summed E-state index contributed by atoms with van der Waals surface area (Å²) in [5.41, 5.74) is 0.594. The summed E-state index contributed by atoms with van der Waals surface area (Å²) in [6.07, 6.45) is 6.26. The van der Waals surface area contributed by atoms with Crippen molar-refractivity contribution in [2.45, 2.75) is 51.6 Å². The van der Waals surface area contributed by atoms with E-state index in [-0.39, 0.29) is 5.82 Å². The van der Waals surface area contributed by atoms with Crippen LogP contribution >= 0.6 is 11.6 Å². The SMILES string of the molecule is CCC1CCC(NCc2c(F)cccc2Cl)CC1. The molecule has 1 aromatic carbocycles. The second kappa shape index (κ2) is 6.53. The fraction of sp³-hybridized carbons (Fsp3) is 0.600. The second-order valence-corrected chi connectivity index (χ2v) is 5.61. The molecule has 0 amide bonds. The Kier molecular flexibility index (Phi) is 5.02. The van der Waals surface area contributed by atoms with Crippen molar-refractivity contribution in [2.24, 2.45) is 5.92 Å². The van der Waals surface area contributed by atoms with Crippen molar-refractivity contribution in [2.75, 3.05) is 0 Å². The lowest BCUT2D eigenvalue weighted by atomic mass is 9.84. The summed E-state index contributed by atoms with van der Waals surface area (Å²) in [6, 6.07) is 5.38. The smallest absolute Gasteiger partial charge is 0.129 e. The first kappa shape index (κ1) is 13.8. The molecule has 100 valence electrons. The average molecular weight is 270 g/mol. The summed E-state index contributed by atoms with van der Waals surface area (Å²) in [5.74, 6) is 0.678. The second-order valence-electron chi connectivity index (χ2n) is 5.21. The largest absolute Gasteiger partial charge is 0.310 e. The van der Waals surface area contributed by atoms with E-state index in [2.05, 4.69) is 12.2 Å².